The molecular weight excluding hydrogens is 408 g/mol. The number of aromatic nitrogens is 3. The summed E-state index contributed by atoms with van der Waals surface area (Å²) in [5.41, 5.74) is 2.03. The number of hydrogen-bond donors (Lipinski definition) is 0. The molecule has 0 N–H and O–H groups in total. The van der Waals surface area contributed by atoms with Gasteiger partial charge in [0.2, 0.25) is 5.91 Å². The van der Waals surface area contributed by atoms with Gasteiger partial charge in [-0.25, -0.2) is 9.78 Å². The monoisotopic (exact) mass is 436 g/mol. The highest BCUT2D eigenvalue weighted by Gasteiger charge is 2.28. The normalized spacial score (nSPS) is 16.2. The van der Waals surface area contributed by atoms with Crippen molar-refractivity contribution in [1.29, 1.82) is 0 Å². The molecule has 0 bridgehead atoms. The average molecular weight is 437 g/mol. The molecule has 32 heavy (non-hydrogen) atoms. The molecule has 2 aromatic heterocycles. The molecular formula is C24H28N4O4. The minimum Gasteiger partial charge on any atom is -0.496 e. The zero-order valence-electron chi connectivity index (χ0n) is 18.7. The van der Waals surface area contributed by atoms with Crippen LogP contribution >= 0.6 is 0 Å². The number of methoxy groups -OCH3 is 1. The molecule has 1 amide bonds. The molecule has 1 aliphatic rings. The number of carbonyl (C=O) groups excluding carboxylic acids is 1. The fourth-order valence-electron chi connectivity index (χ4n) is 4.24. The van der Waals surface area contributed by atoms with Crippen LogP contribution in [0.2, 0.25) is 0 Å². The van der Waals surface area contributed by atoms with Gasteiger partial charge in [-0.3, -0.25) is 9.36 Å². The predicted octanol–water partition coefficient (Wildman–Crippen LogP) is 2.85. The molecule has 8 nitrogen and oxygen atoms in total. The maximum absolute atomic E-state index is 12.9. The smallest absolute Gasteiger partial charge is 0.348 e. The van der Waals surface area contributed by atoms with Crippen molar-refractivity contribution in [1.82, 2.24) is 19.4 Å². The van der Waals surface area contributed by atoms with E-state index < -0.39 is 5.69 Å². The van der Waals surface area contributed by atoms with Gasteiger partial charge in [0.15, 0.2) is 5.89 Å². The highest BCUT2D eigenvalue weighted by molar-refractivity contribution is 5.76. The summed E-state index contributed by atoms with van der Waals surface area (Å²) < 4.78 is 12.9. The molecule has 4 rings (SSSR count). The van der Waals surface area contributed by atoms with Crippen LogP contribution in [0.4, 0.5) is 0 Å². The fourth-order valence-corrected chi connectivity index (χ4v) is 4.24. The van der Waals surface area contributed by atoms with Gasteiger partial charge in [-0.05, 0) is 38.8 Å². The van der Waals surface area contributed by atoms with Gasteiger partial charge >= 0.3 is 5.69 Å². The number of oxazole rings is 1. The zero-order chi connectivity index (χ0) is 22.7. The lowest BCUT2D eigenvalue weighted by Crippen LogP contribution is -2.42. The number of aryl methyl sites for hydroxylation is 2. The molecule has 3 aromatic rings. The van der Waals surface area contributed by atoms with Crippen LogP contribution < -0.4 is 10.4 Å². The number of para-hydroxylation sites is 1. The lowest BCUT2D eigenvalue weighted by Gasteiger charge is -2.31. The first kappa shape index (κ1) is 21.8. The zero-order valence-corrected chi connectivity index (χ0v) is 18.7. The summed E-state index contributed by atoms with van der Waals surface area (Å²) >= 11 is 0. The fraction of sp³-hybridized carbons (Fsp3) is 0.417. The van der Waals surface area contributed by atoms with Crippen molar-refractivity contribution in [2.24, 2.45) is 0 Å². The largest absolute Gasteiger partial charge is 0.496 e. The molecule has 0 saturated carbocycles. The van der Waals surface area contributed by atoms with Crippen LogP contribution in [-0.4, -0.2) is 45.5 Å². The van der Waals surface area contributed by atoms with Crippen molar-refractivity contribution in [2.75, 3.05) is 20.2 Å². The maximum Gasteiger partial charge on any atom is 0.348 e. The lowest BCUT2D eigenvalue weighted by atomic mass is 9.98. The standard InChI is InChI=1S/C24H28N4O4/c1-16-11-17(2)28(24(30)26-16)15-22(29)27-10-6-8-19(14-27)23-25-13-20(32-23)12-18-7-4-5-9-21(18)31-3/h4-5,7,9,11,13,19H,6,8,10,12,14-15H2,1-3H3/t19-/m0/s1. The first-order chi connectivity index (χ1) is 15.4. The van der Waals surface area contributed by atoms with E-state index in [-0.39, 0.29) is 18.4 Å². The quantitative estimate of drug-likeness (QED) is 0.590. The second kappa shape index (κ2) is 9.38. The van der Waals surface area contributed by atoms with E-state index in [1.165, 1.54) is 4.57 Å². The average Bonchev–Trinajstić information content (AvgIpc) is 3.25. The molecule has 0 radical (unpaired) electrons. The minimum atomic E-state index is -0.391. The van der Waals surface area contributed by atoms with E-state index in [1.54, 1.807) is 25.1 Å². The molecule has 3 heterocycles. The van der Waals surface area contributed by atoms with Gasteiger partial charge in [-0.15, -0.1) is 0 Å². The highest BCUT2D eigenvalue weighted by atomic mass is 16.5. The SMILES string of the molecule is COc1ccccc1Cc1cnc([C@H]2CCCN(C(=O)Cn3c(C)cc(C)nc3=O)C2)o1. The number of hydrogen-bond acceptors (Lipinski definition) is 6. The number of likely N-dealkylation sites (tertiary alicyclic amines) is 1. The number of piperidine rings is 1. The summed E-state index contributed by atoms with van der Waals surface area (Å²) in [7, 11) is 1.65. The molecule has 1 atom stereocenters. The summed E-state index contributed by atoms with van der Waals surface area (Å²) in [4.78, 5) is 35.4. The van der Waals surface area contributed by atoms with Crippen molar-refractivity contribution in [3.63, 3.8) is 0 Å². The Labute approximate surface area is 186 Å². The third kappa shape index (κ3) is 4.74. The predicted molar refractivity (Wildman–Crippen MR) is 119 cm³/mol. The van der Waals surface area contributed by atoms with Gasteiger partial charge < -0.3 is 14.1 Å². The Hall–Kier alpha value is -3.42. The van der Waals surface area contributed by atoms with Crippen LogP contribution in [0.15, 0.2) is 45.7 Å². The Morgan fingerprint density at radius 2 is 2.09 bits per heavy atom. The first-order valence-electron chi connectivity index (χ1n) is 10.8. The maximum atomic E-state index is 12.9. The second-order valence-electron chi connectivity index (χ2n) is 8.24. The van der Waals surface area contributed by atoms with Gasteiger partial charge in [0, 0.05) is 36.5 Å². The van der Waals surface area contributed by atoms with E-state index in [9.17, 15) is 9.59 Å². The number of rotatable bonds is 6. The van der Waals surface area contributed by atoms with Crippen LogP contribution in [-0.2, 0) is 17.8 Å². The topological polar surface area (TPSA) is 90.5 Å². The van der Waals surface area contributed by atoms with Gasteiger partial charge in [0.1, 0.15) is 18.1 Å². The first-order valence-corrected chi connectivity index (χ1v) is 10.8. The highest BCUT2D eigenvalue weighted by Crippen LogP contribution is 2.28. The lowest BCUT2D eigenvalue weighted by molar-refractivity contribution is -0.133. The van der Waals surface area contributed by atoms with Crippen LogP contribution in [0.1, 0.15) is 47.4 Å². The Morgan fingerprint density at radius 3 is 2.88 bits per heavy atom. The van der Waals surface area contributed by atoms with E-state index in [2.05, 4.69) is 9.97 Å². The summed E-state index contributed by atoms with van der Waals surface area (Å²) in [6, 6.07) is 9.64. The van der Waals surface area contributed by atoms with Gasteiger partial charge in [-0.2, -0.15) is 4.98 Å². The molecule has 1 fully saturated rings. The van der Waals surface area contributed by atoms with Gasteiger partial charge in [0.05, 0.1) is 19.2 Å². The Kier molecular flexibility index (Phi) is 6.39. The van der Waals surface area contributed by atoms with Gasteiger partial charge in [-0.1, -0.05) is 18.2 Å². The van der Waals surface area contributed by atoms with Crippen molar-refractivity contribution in [3.05, 3.63) is 75.6 Å². The number of nitrogens with zero attached hydrogens (tertiary/aromatic N) is 4. The third-order valence-electron chi connectivity index (χ3n) is 5.89. The second-order valence-corrected chi connectivity index (χ2v) is 8.24. The molecule has 0 aliphatic carbocycles. The van der Waals surface area contributed by atoms with E-state index in [1.807, 2.05) is 37.3 Å². The molecule has 1 saturated heterocycles. The molecule has 0 unspecified atom stereocenters. The molecule has 0 spiro atoms. The Morgan fingerprint density at radius 1 is 1.28 bits per heavy atom. The van der Waals surface area contributed by atoms with Crippen molar-refractivity contribution in [2.45, 2.75) is 45.6 Å². The number of amides is 1. The number of benzene rings is 1. The van der Waals surface area contributed by atoms with Crippen molar-refractivity contribution in [3.8, 4) is 5.75 Å². The van der Waals surface area contributed by atoms with Gasteiger partial charge in [0.25, 0.3) is 0 Å². The summed E-state index contributed by atoms with van der Waals surface area (Å²) in [5.74, 6) is 2.18. The van der Waals surface area contributed by atoms with E-state index >= 15 is 0 Å². The van der Waals surface area contributed by atoms with E-state index in [0.29, 0.717) is 31.1 Å². The summed E-state index contributed by atoms with van der Waals surface area (Å²) in [6.07, 6.45) is 4.11. The minimum absolute atomic E-state index is 0.00466. The van der Waals surface area contributed by atoms with Crippen LogP contribution in [0.5, 0.6) is 5.75 Å². The van der Waals surface area contributed by atoms with Crippen LogP contribution in [0, 0.1) is 13.8 Å². The van der Waals surface area contributed by atoms with Crippen LogP contribution in [0.3, 0.4) is 0 Å². The molecule has 1 aliphatic heterocycles. The summed E-state index contributed by atoms with van der Waals surface area (Å²) in [5, 5.41) is 0. The molecule has 1 aromatic carbocycles. The number of ether oxygens (including phenoxy) is 1. The van der Waals surface area contributed by atoms with Crippen molar-refractivity contribution < 1.29 is 13.9 Å². The molecule has 168 valence electrons. The summed E-state index contributed by atoms with van der Waals surface area (Å²) in [6.45, 7) is 4.78. The van der Waals surface area contributed by atoms with E-state index in [0.717, 1.165) is 35.6 Å². The van der Waals surface area contributed by atoms with E-state index in [4.69, 9.17) is 9.15 Å². The Balaban J connectivity index is 1.43. The van der Waals surface area contributed by atoms with Crippen molar-refractivity contribution >= 4 is 5.91 Å². The third-order valence-corrected chi connectivity index (χ3v) is 5.89. The molecule has 8 heteroatoms. The number of carbonyl (C=O) groups is 1. The Bertz CT molecular complexity index is 1170. The van der Waals surface area contributed by atoms with Crippen LogP contribution in [0.25, 0.3) is 0 Å².